The molecule has 3 rings (SSSR count). The second-order valence-electron chi connectivity index (χ2n) is 6.38. The number of H-pyrrole nitrogens is 1. The van der Waals surface area contributed by atoms with Gasteiger partial charge in [0.25, 0.3) is 15.8 Å². The van der Waals surface area contributed by atoms with Crippen LogP contribution in [0, 0.1) is 0 Å². The predicted molar refractivity (Wildman–Crippen MR) is 114 cm³/mol. The summed E-state index contributed by atoms with van der Waals surface area (Å²) in [5.41, 5.74) is -1.37. The minimum atomic E-state index is -4.77. The molecule has 0 unspecified atom stereocenters. The number of rotatable bonds is 6. The van der Waals surface area contributed by atoms with E-state index in [1.807, 2.05) is 0 Å². The number of Topliss-reactive ketones (excluding diaryl/α,β-unsaturated/α-hetero) is 1. The van der Waals surface area contributed by atoms with Crippen molar-refractivity contribution in [1.29, 1.82) is 0 Å². The van der Waals surface area contributed by atoms with Crippen LogP contribution in [0.4, 0.5) is 18.9 Å². The van der Waals surface area contributed by atoms with E-state index in [9.17, 15) is 31.2 Å². The molecule has 0 bridgehead atoms. The maximum Gasteiger partial charge on any atom is 0.417 e. The largest absolute Gasteiger partial charge is 0.460 e. The number of aromatic amines is 1. The van der Waals surface area contributed by atoms with Crippen LogP contribution in [-0.4, -0.2) is 31.8 Å². The number of ketones is 1. The van der Waals surface area contributed by atoms with Crippen molar-refractivity contribution in [2.24, 2.45) is 0 Å². The molecule has 0 spiro atoms. The Bertz CT molecular complexity index is 1340. The number of fused-ring (bicyclic) bond motifs is 1. The summed E-state index contributed by atoms with van der Waals surface area (Å²) in [6, 6.07) is 5.07. The highest BCUT2D eigenvalue weighted by Crippen LogP contribution is 2.37. The second-order valence-corrected chi connectivity index (χ2v) is 9.29. The van der Waals surface area contributed by atoms with Crippen LogP contribution in [0.15, 0.2) is 45.9 Å². The van der Waals surface area contributed by atoms with Crippen molar-refractivity contribution in [1.82, 2.24) is 4.98 Å². The van der Waals surface area contributed by atoms with E-state index in [4.69, 9.17) is 11.6 Å². The molecule has 2 aromatic carbocycles. The van der Waals surface area contributed by atoms with Crippen molar-refractivity contribution in [2.75, 3.05) is 11.3 Å². The average molecular weight is 554 g/mol. The molecule has 13 heteroatoms. The van der Waals surface area contributed by atoms with Crippen LogP contribution in [0.1, 0.15) is 22.8 Å². The molecule has 0 aliphatic heterocycles. The maximum atomic E-state index is 13.1. The van der Waals surface area contributed by atoms with Crippen molar-refractivity contribution in [3.8, 4) is 0 Å². The molecule has 1 heterocycles. The summed E-state index contributed by atoms with van der Waals surface area (Å²) in [5.74, 6) is -1.98. The van der Waals surface area contributed by atoms with Gasteiger partial charge in [0, 0.05) is 27.3 Å². The van der Waals surface area contributed by atoms with Crippen LogP contribution in [-0.2, 0) is 25.7 Å². The van der Waals surface area contributed by atoms with Gasteiger partial charge in [-0.3, -0.25) is 9.52 Å². The lowest BCUT2D eigenvalue weighted by Crippen LogP contribution is -2.17. The first kappa shape index (κ1) is 24.1. The van der Waals surface area contributed by atoms with E-state index in [0.717, 1.165) is 12.1 Å². The number of esters is 1. The second kappa shape index (κ2) is 8.75. The average Bonchev–Trinajstić information content (AvgIpc) is 3.10. The molecule has 0 aliphatic rings. The van der Waals surface area contributed by atoms with Crippen molar-refractivity contribution in [3.05, 3.63) is 57.2 Å². The van der Waals surface area contributed by atoms with Gasteiger partial charge in [0.1, 0.15) is 4.90 Å². The van der Waals surface area contributed by atoms with Gasteiger partial charge in [-0.05, 0) is 53.2 Å². The molecule has 0 radical (unpaired) electrons. The third-order valence-corrected chi connectivity index (χ3v) is 6.92. The molecule has 2 N–H and O–H groups in total. The third-order valence-electron chi connectivity index (χ3n) is 4.25. The lowest BCUT2D eigenvalue weighted by atomic mass is 10.1. The zero-order chi connectivity index (χ0) is 23.8. The van der Waals surface area contributed by atoms with E-state index >= 15 is 0 Å². The van der Waals surface area contributed by atoms with Crippen molar-refractivity contribution >= 4 is 65.9 Å². The Morgan fingerprint density at radius 3 is 2.53 bits per heavy atom. The Labute approximate surface area is 193 Å². The minimum Gasteiger partial charge on any atom is -0.460 e. The molecular formula is C19H13BrClF3N2O5S. The van der Waals surface area contributed by atoms with Gasteiger partial charge in [0.15, 0.2) is 0 Å². The van der Waals surface area contributed by atoms with E-state index in [1.54, 1.807) is 6.92 Å². The smallest absolute Gasteiger partial charge is 0.417 e. The highest BCUT2D eigenvalue weighted by molar-refractivity contribution is 9.10. The first-order valence-electron chi connectivity index (χ1n) is 8.76. The van der Waals surface area contributed by atoms with Gasteiger partial charge < -0.3 is 9.72 Å². The number of aromatic nitrogens is 1. The van der Waals surface area contributed by atoms with E-state index in [0.29, 0.717) is 6.07 Å². The number of sulfonamides is 1. The normalized spacial score (nSPS) is 12.1. The number of benzene rings is 2. The molecule has 0 atom stereocenters. The predicted octanol–water partition coefficient (Wildman–Crippen LogP) is 5.15. The van der Waals surface area contributed by atoms with Crippen LogP contribution in [0.2, 0.25) is 5.02 Å². The number of hydrogen-bond acceptors (Lipinski definition) is 5. The lowest BCUT2D eigenvalue weighted by Gasteiger charge is -2.13. The first-order chi connectivity index (χ1) is 14.8. The molecule has 1 aromatic heterocycles. The zero-order valence-corrected chi connectivity index (χ0v) is 19.2. The monoisotopic (exact) mass is 552 g/mol. The van der Waals surface area contributed by atoms with Crippen molar-refractivity contribution in [3.63, 3.8) is 0 Å². The van der Waals surface area contributed by atoms with Gasteiger partial charge in [0.2, 0.25) is 0 Å². The van der Waals surface area contributed by atoms with Gasteiger partial charge >= 0.3 is 12.1 Å². The summed E-state index contributed by atoms with van der Waals surface area (Å²) in [7, 11) is -4.35. The minimum absolute atomic E-state index is 0.00539. The molecule has 170 valence electrons. The fourth-order valence-corrected chi connectivity index (χ4v) is 5.18. The Morgan fingerprint density at radius 2 is 1.91 bits per heavy atom. The van der Waals surface area contributed by atoms with E-state index in [1.165, 1.54) is 18.3 Å². The SMILES string of the molecule is CCOC(=O)C(=O)c1c[nH]c2cc(S(=O)(=O)Nc3ccc(Cl)c(C(F)(F)F)c3)c(Br)cc12. The summed E-state index contributed by atoms with van der Waals surface area (Å²) in [6.07, 6.45) is -3.54. The van der Waals surface area contributed by atoms with Gasteiger partial charge in [0.05, 0.1) is 22.8 Å². The zero-order valence-electron chi connectivity index (χ0n) is 16.0. The fourth-order valence-electron chi connectivity index (χ4n) is 2.84. The first-order valence-corrected chi connectivity index (χ1v) is 11.4. The molecule has 7 nitrogen and oxygen atoms in total. The Balaban J connectivity index is 2.00. The maximum absolute atomic E-state index is 13.1. The summed E-state index contributed by atoms with van der Waals surface area (Å²) in [4.78, 5) is 26.4. The highest BCUT2D eigenvalue weighted by atomic mass is 79.9. The lowest BCUT2D eigenvalue weighted by molar-refractivity contribution is -0.138. The Morgan fingerprint density at radius 1 is 1.22 bits per heavy atom. The van der Waals surface area contributed by atoms with Gasteiger partial charge in [-0.2, -0.15) is 13.2 Å². The number of nitrogens with one attached hydrogen (secondary N) is 2. The Kier molecular flexibility index (Phi) is 6.59. The van der Waals surface area contributed by atoms with Gasteiger partial charge in [-0.15, -0.1) is 0 Å². The third kappa shape index (κ3) is 4.76. The number of carbonyl (C=O) groups is 2. The van der Waals surface area contributed by atoms with Crippen LogP contribution < -0.4 is 4.72 Å². The van der Waals surface area contributed by atoms with E-state index in [-0.39, 0.29) is 38.1 Å². The number of ether oxygens (including phenoxy) is 1. The van der Waals surface area contributed by atoms with Crippen molar-refractivity contribution < 1.29 is 35.9 Å². The molecule has 0 saturated heterocycles. The fraction of sp³-hybridized carbons (Fsp3) is 0.158. The molecule has 32 heavy (non-hydrogen) atoms. The standard InChI is InChI=1S/C19H13BrClF3N2O5S/c1-2-31-18(28)17(27)11-8-25-15-7-16(13(20)6-10(11)15)32(29,30)26-9-3-4-14(21)12(5-9)19(22,23)24/h3-8,25-26H,2H2,1H3. The van der Waals surface area contributed by atoms with E-state index < -0.39 is 38.5 Å². The van der Waals surface area contributed by atoms with Gasteiger partial charge in [-0.25, -0.2) is 13.2 Å². The highest BCUT2D eigenvalue weighted by Gasteiger charge is 2.34. The van der Waals surface area contributed by atoms with E-state index in [2.05, 4.69) is 30.4 Å². The number of carbonyl (C=O) groups excluding carboxylic acids is 2. The molecule has 0 fully saturated rings. The number of alkyl halides is 3. The summed E-state index contributed by atoms with van der Waals surface area (Å²) >= 11 is 8.66. The summed E-state index contributed by atoms with van der Waals surface area (Å²) < 4.78 is 71.6. The van der Waals surface area contributed by atoms with Crippen molar-refractivity contribution in [2.45, 2.75) is 18.0 Å². The topological polar surface area (TPSA) is 105 Å². The molecule has 0 aliphatic carbocycles. The molecule has 0 amide bonds. The number of anilines is 1. The van der Waals surface area contributed by atoms with Crippen LogP contribution >= 0.6 is 27.5 Å². The van der Waals surface area contributed by atoms with Crippen LogP contribution in [0.3, 0.4) is 0 Å². The quantitative estimate of drug-likeness (QED) is 0.250. The van der Waals surface area contributed by atoms with Crippen LogP contribution in [0.25, 0.3) is 10.9 Å². The Hall–Kier alpha value is -2.57. The molecule has 3 aromatic rings. The molecular weight excluding hydrogens is 541 g/mol. The van der Waals surface area contributed by atoms with Crippen LogP contribution in [0.5, 0.6) is 0 Å². The summed E-state index contributed by atoms with van der Waals surface area (Å²) in [5, 5.41) is -0.326. The molecule has 0 saturated carbocycles. The number of halogens is 5. The van der Waals surface area contributed by atoms with Gasteiger partial charge in [-0.1, -0.05) is 11.6 Å². The summed E-state index contributed by atoms with van der Waals surface area (Å²) in [6.45, 7) is 1.55. The number of hydrogen-bond donors (Lipinski definition) is 2.